The highest BCUT2D eigenvalue weighted by atomic mass is 79.9. The first-order valence-corrected chi connectivity index (χ1v) is 11.0. The maximum absolute atomic E-state index is 10.5. The van der Waals surface area contributed by atoms with Crippen molar-refractivity contribution in [2.75, 3.05) is 6.61 Å². The van der Waals surface area contributed by atoms with Gasteiger partial charge in [0.15, 0.2) is 0 Å². The fraction of sp³-hybridized carbons (Fsp3) is 0.208. The van der Waals surface area contributed by atoms with Crippen LogP contribution in [0.1, 0.15) is 42.2 Å². The smallest absolute Gasteiger partial charge is 0.126 e. The second-order valence-electron chi connectivity index (χ2n) is 7.11. The van der Waals surface area contributed by atoms with E-state index in [1.54, 1.807) is 6.07 Å². The molecule has 3 aromatic carbocycles. The molecule has 0 radical (unpaired) electrons. The molecule has 0 spiro atoms. The van der Waals surface area contributed by atoms with Gasteiger partial charge in [-0.25, -0.2) is 0 Å². The van der Waals surface area contributed by atoms with E-state index in [1.807, 2.05) is 67.6 Å². The third-order valence-electron chi connectivity index (χ3n) is 5.09. The van der Waals surface area contributed by atoms with E-state index in [0.717, 1.165) is 32.6 Å². The standard InChI is InChI=1S/C24H22BrClN2O2/c1-2-30-19-10-5-15(6-11-19)21-14-22(20-13-17(25)7-12-23(20)29)28-24(27-21)16-3-8-18(26)9-4-16/h3-13,22,24,28-29H,2,14H2,1H3/t22-,24+/m1/s1. The summed E-state index contributed by atoms with van der Waals surface area (Å²) >= 11 is 9.59. The molecule has 1 aliphatic rings. The average molecular weight is 486 g/mol. The Balaban J connectivity index is 1.72. The molecule has 3 aromatic rings. The molecule has 1 heterocycles. The van der Waals surface area contributed by atoms with Gasteiger partial charge in [0.2, 0.25) is 0 Å². The quantitative estimate of drug-likeness (QED) is 0.438. The summed E-state index contributed by atoms with van der Waals surface area (Å²) in [4.78, 5) is 4.98. The molecule has 4 nitrogen and oxygen atoms in total. The Morgan fingerprint density at radius 3 is 2.53 bits per heavy atom. The molecule has 4 rings (SSSR count). The van der Waals surface area contributed by atoms with Gasteiger partial charge < -0.3 is 9.84 Å². The highest BCUT2D eigenvalue weighted by Gasteiger charge is 2.27. The largest absolute Gasteiger partial charge is 0.508 e. The Morgan fingerprint density at radius 1 is 1.10 bits per heavy atom. The molecule has 30 heavy (non-hydrogen) atoms. The van der Waals surface area contributed by atoms with Crippen molar-refractivity contribution in [1.82, 2.24) is 5.32 Å². The molecule has 154 valence electrons. The van der Waals surface area contributed by atoms with Gasteiger partial charge in [-0.2, -0.15) is 0 Å². The molecule has 0 unspecified atom stereocenters. The van der Waals surface area contributed by atoms with Gasteiger partial charge in [-0.15, -0.1) is 0 Å². The Hall–Kier alpha value is -2.34. The number of phenolic OH excluding ortho intramolecular Hbond substituents is 1. The minimum Gasteiger partial charge on any atom is -0.508 e. The maximum Gasteiger partial charge on any atom is 0.126 e. The molecule has 2 N–H and O–H groups in total. The SMILES string of the molecule is CCOc1ccc(C2=N[C@H](c3ccc(Cl)cc3)N[C@@H](c3cc(Br)ccc3O)C2)cc1. The van der Waals surface area contributed by atoms with Gasteiger partial charge in [-0.3, -0.25) is 10.3 Å². The van der Waals surface area contributed by atoms with Gasteiger partial charge in [-0.1, -0.05) is 39.7 Å². The zero-order valence-corrected chi connectivity index (χ0v) is 18.8. The Bertz CT molecular complexity index is 1050. The summed E-state index contributed by atoms with van der Waals surface area (Å²) in [5, 5.41) is 14.8. The number of benzene rings is 3. The van der Waals surface area contributed by atoms with Gasteiger partial charge in [0.1, 0.15) is 17.7 Å². The van der Waals surface area contributed by atoms with Gasteiger partial charge in [0, 0.05) is 33.2 Å². The number of nitrogens with zero attached hydrogens (tertiary/aromatic N) is 1. The van der Waals surface area contributed by atoms with Crippen LogP contribution in [0.3, 0.4) is 0 Å². The van der Waals surface area contributed by atoms with Crippen LogP contribution in [-0.2, 0) is 0 Å². The first-order valence-electron chi connectivity index (χ1n) is 9.83. The van der Waals surface area contributed by atoms with Crippen LogP contribution in [-0.4, -0.2) is 17.4 Å². The zero-order chi connectivity index (χ0) is 21.1. The van der Waals surface area contributed by atoms with Crippen LogP contribution >= 0.6 is 27.5 Å². The molecule has 0 fully saturated rings. The summed E-state index contributed by atoms with van der Waals surface area (Å²) < 4.78 is 6.49. The second kappa shape index (κ2) is 9.21. The van der Waals surface area contributed by atoms with Crippen molar-refractivity contribution in [2.45, 2.75) is 25.6 Å². The zero-order valence-electron chi connectivity index (χ0n) is 16.5. The summed E-state index contributed by atoms with van der Waals surface area (Å²) in [6.07, 6.45) is 0.406. The highest BCUT2D eigenvalue weighted by Crippen LogP contribution is 2.36. The molecule has 0 amide bonds. The van der Waals surface area contributed by atoms with Gasteiger partial charge in [0.05, 0.1) is 6.61 Å². The van der Waals surface area contributed by atoms with Crippen molar-refractivity contribution < 1.29 is 9.84 Å². The van der Waals surface area contributed by atoms with E-state index in [1.165, 1.54) is 0 Å². The fourth-order valence-electron chi connectivity index (χ4n) is 3.61. The first-order chi connectivity index (χ1) is 14.5. The van der Waals surface area contributed by atoms with Crippen molar-refractivity contribution in [3.8, 4) is 11.5 Å². The van der Waals surface area contributed by atoms with Gasteiger partial charge in [0.25, 0.3) is 0 Å². The number of nitrogens with one attached hydrogen (secondary N) is 1. The molecule has 2 atom stereocenters. The van der Waals surface area contributed by atoms with Crippen LogP contribution in [0.15, 0.2) is 76.2 Å². The highest BCUT2D eigenvalue weighted by molar-refractivity contribution is 9.10. The van der Waals surface area contributed by atoms with Crippen LogP contribution in [0.5, 0.6) is 11.5 Å². The molecule has 1 aliphatic heterocycles. The number of aromatic hydroxyl groups is 1. The van der Waals surface area contributed by atoms with Crippen molar-refractivity contribution in [3.05, 3.63) is 92.9 Å². The predicted molar refractivity (Wildman–Crippen MR) is 125 cm³/mol. The summed E-state index contributed by atoms with van der Waals surface area (Å²) in [6.45, 7) is 2.60. The molecule has 0 bridgehead atoms. The number of aliphatic imine (C=N–C) groups is 1. The number of ether oxygens (including phenoxy) is 1. The van der Waals surface area contributed by atoms with E-state index < -0.39 is 0 Å². The number of halogens is 2. The van der Waals surface area contributed by atoms with E-state index >= 15 is 0 Å². The summed E-state index contributed by atoms with van der Waals surface area (Å²) in [7, 11) is 0. The fourth-order valence-corrected chi connectivity index (χ4v) is 4.12. The Labute approximate surface area is 189 Å². The van der Waals surface area contributed by atoms with E-state index in [9.17, 15) is 5.11 Å². The van der Waals surface area contributed by atoms with Crippen LogP contribution in [0, 0.1) is 0 Å². The van der Waals surface area contributed by atoms with Crippen LogP contribution in [0.4, 0.5) is 0 Å². The Kier molecular flexibility index (Phi) is 6.42. The monoisotopic (exact) mass is 484 g/mol. The summed E-state index contributed by atoms with van der Waals surface area (Å²) in [5.74, 6) is 1.10. The van der Waals surface area contributed by atoms with Gasteiger partial charge >= 0.3 is 0 Å². The number of phenols is 1. The molecule has 0 saturated heterocycles. The number of hydrogen-bond donors (Lipinski definition) is 2. The topological polar surface area (TPSA) is 53.8 Å². The van der Waals surface area contributed by atoms with Crippen molar-refractivity contribution in [3.63, 3.8) is 0 Å². The summed E-state index contributed by atoms with van der Waals surface area (Å²) in [5.41, 5.74) is 3.86. The van der Waals surface area contributed by atoms with E-state index in [-0.39, 0.29) is 18.0 Å². The number of hydrogen-bond acceptors (Lipinski definition) is 4. The predicted octanol–water partition coefficient (Wildman–Crippen LogP) is 6.43. The molecular weight excluding hydrogens is 464 g/mol. The lowest BCUT2D eigenvalue weighted by Crippen LogP contribution is -2.33. The van der Waals surface area contributed by atoms with Crippen molar-refractivity contribution >= 4 is 33.2 Å². The summed E-state index contributed by atoms with van der Waals surface area (Å²) in [6, 6.07) is 21.1. The third kappa shape index (κ3) is 4.69. The lowest BCUT2D eigenvalue weighted by atomic mass is 9.93. The van der Waals surface area contributed by atoms with Crippen LogP contribution in [0.2, 0.25) is 5.02 Å². The van der Waals surface area contributed by atoms with Crippen molar-refractivity contribution in [1.29, 1.82) is 0 Å². The molecule has 0 aromatic heterocycles. The minimum atomic E-state index is -0.249. The molecule has 6 heteroatoms. The van der Waals surface area contributed by atoms with Crippen LogP contribution < -0.4 is 10.1 Å². The van der Waals surface area contributed by atoms with E-state index in [0.29, 0.717) is 18.1 Å². The number of rotatable bonds is 5. The van der Waals surface area contributed by atoms with Crippen LogP contribution in [0.25, 0.3) is 0 Å². The lowest BCUT2D eigenvalue weighted by Gasteiger charge is -2.31. The molecule has 0 saturated carbocycles. The molecule has 0 aliphatic carbocycles. The second-order valence-corrected chi connectivity index (χ2v) is 8.47. The van der Waals surface area contributed by atoms with E-state index in [2.05, 4.69) is 21.2 Å². The van der Waals surface area contributed by atoms with Gasteiger partial charge in [-0.05, 0) is 72.6 Å². The van der Waals surface area contributed by atoms with Crippen molar-refractivity contribution in [2.24, 2.45) is 4.99 Å². The van der Waals surface area contributed by atoms with E-state index in [4.69, 9.17) is 21.3 Å². The average Bonchev–Trinajstić information content (AvgIpc) is 2.76. The molecular formula is C24H22BrClN2O2. The minimum absolute atomic E-state index is 0.0951. The lowest BCUT2D eigenvalue weighted by molar-refractivity contribution is 0.340. The first kappa shape index (κ1) is 20.9. The maximum atomic E-state index is 10.5. The normalized spacial score (nSPS) is 18.7. The third-order valence-corrected chi connectivity index (χ3v) is 5.84. The Morgan fingerprint density at radius 2 is 1.83 bits per heavy atom.